The maximum absolute atomic E-state index is 12.4. The minimum Gasteiger partial charge on any atom is -0.271 e. The van der Waals surface area contributed by atoms with Crippen molar-refractivity contribution in [1.29, 1.82) is 0 Å². The lowest BCUT2D eigenvalue weighted by atomic mass is 9.80. The Hall–Kier alpha value is -1.94. The third-order valence-electron chi connectivity index (χ3n) is 4.43. The first-order valence-electron chi connectivity index (χ1n) is 9.10. The molecule has 29 heavy (non-hydrogen) atoms. The van der Waals surface area contributed by atoms with E-state index in [0.29, 0.717) is 12.1 Å². The van der Waals surface area contributed by atoms with Crippen LogP contribution in [0.5, 0.6) is 0 Å². The van der Waals surface area contributed by atoms with E-state index in [-0.39, 0.29) is 12.0 Å². The van der Waals surface area contributed by atoms with E-state index in [1.807, 2.05) is 25.1 Å². The van der Waals surface area contributed by atoms with Crippen LogP contribution in [0.25, 0.3) is 0 Å². The molecule has 1 amide bonds. The van der Waals surface area contributed by atoms with Gasteiger partial charge in [0.1, 0.15) is 6.54 Å². The number of hydrogen-bond donors (Lipinski definition) is 1. The monoisotopic (exact) mass is 527 g/mol. The fourth-order valence-electron chi connectivity index (χ4n) is 3.00. The van der Waals surface area contributed by atoms with Gasteiger partial charge in [-0.1, -0.05) is 44.2 Å². The van der Waals surface area contributed by atoms with E-state index in [2.05, 4.69) is 59.1 Å². The normalized spacial score (nSPS) is 12.5. The highest BCUT2D eigenvalue weighted by Crippen LogP contribution is 2.27. The number of amides is 1. The number of hydrazone groups is 1. The lowest BCUT2D eigenvalue weighted by Gasteiger charge is -2.25. The van der Waals surface area contributed by atoms with Crippen molar-refractivity contribution in [2.24, 2.45) is 5.10 Å². The molecule has 6 nitrogen and oxygen atoms in total. The minimum absolute atomic E-state index is 0.139. The van der Waals surface area contributed by atoms with Crippen molar-refractivity contribution in [1.82, 2.24) is 5.43 Å². The summed E-state index contributed by atoms with van der Waals surface area (Å²) in [6.45, 7) is 5.74. The Morgan fingerprint density at radius 1 is 1.10 bits per heavy atom. The molecule has 8 heteroatoms. The van der Waals surface area contributed by atoms with Gasteiger partial charge in [0.15, 0.2) is 0 Å². The van der Waals surface area contributed by atoms with Gasteiger partial charge in [0.2, 0.25) is 10.0 Å². The van der Waals surface area contributed by atoms with Gasteiger partial charge in [-0.05, 0) is 71.2 Å². The highest BCUT2D eigenvalue weighted by molar-refractivity contribution is 14.1. The summed E-state index contributed by atoms with van der Waals surface area (Å²) in [4.78, 5) is 12.4. The fourth-order valence-corrected chi connectivity index (χ4v) is 4.22. The number of sulfonamides is 1. The van der Waals surface area contributed by atoms with Crippen molar-refractivity contribution < 1.29 is 13.2 Å². The Morgan fingerprint density at radius 3 is 2.24 bits per heavy atom. The number of rotatable bonds is 8. The summed E-state index contributed by atoms with van der Waals surface area (Å²) >= 11 is 2.14. The van der Waals surface area contributed by atoms with Crippen LogP contribution in [0.2, 0.25) is 0 Å². The Kier molecular flexibility index (Phi) is 7.81. The van der Waals surface area contributed by atoms with Crippen LogP contribution in [0.3, 0.4) is 0 Å². The van der Waals surface area contributed by atoms with Crippen LogP contribution in [0, 0.1) is 3.57 Å². The lowest BCUT2D eigenvalue weighted by Crippen LogP contribution is -2.39. The van der Waals surface area contributed by atoms with Gasteiger partial charge in [-0.15, -0.1) is 0 Å². The summed E-state index contributed by atoms with van der Waals surface area (Å²) in [6.07, 6.45) is 1.74. The van der Waals surface area contributed by atoms with E-state index < -0.39 is 15.9 Å². The number of halogens is 1. The maximum atomic E-state index is 12.4. The number of anilines is 1. The van der Waals surface area contributed by atoms with Crippen LogP contribution in [-0.4, -0.2) is 32.8 Å². The average Bonchev–Trinajstić information content (AvgIpc) is 2.65. The predicted molar refractivity (Wildman–Crippen MR) is 127 cm³/mol. The topological polar surface area (TPSA) is 78.8 Å². The van der Waals surface area contributed by atoms with Crippen LogP contribution < -0.4 is 9.73 Å². The summed E-state index contributed by atoms with van der Waals surface area (Å²) in [6, 6.07) is 17.0. The van der Waals surface area contributed by atoms with E-state index in [4.69, 9.17) is 0 Å². The summed E-state index contributed by atoms with van der Waals surface area (Å²) in [5, 5.41) is 4.17. The Balaban J connectivity index is 2.05. The quantitative estimate of drug-likeness (QED) is 0.321. The molecular weight excluding hydrogens is 501 g/mol. The zero-order valence-electron chi connectivity index (χ0n) is 17.0. The molecule has 0 atom stereocenters. The van der Waals surface area contributed by atoms with Crippen molar-refractivity contribution in [3.05, 3.63) is 63.7 Å². The molecule has 0 unspecified atom stereocenters. The van der Waals surface area contributed by atoms with Gasteiger partial charge in [-0.2, -0.15) is 5.10 Å². The Bertz CT molecular complexity index is 972. The van der Waals surface area contributed by atoms with E-state index in [0.717, 1.165) is 19.8 Å². The van der Waals surface area contributed by atoms with Gasteiger partial charge < -0.3 is 0 Å². The Labute approximate surface area is 186 Å². The van der Waals surface area contributed by atoms with Crippen molar-refractivity contribution in [2.45, 2.75) is 32.6 Å². The second-order valence-corrected chi connectivity index (χ2v) is 10.7. The van der Waals surface area contributed by atoms with Crippen LogP contribution >= 0.6 is 22.6 Å². The number of carbonyl (C=O) groups is 1. The van der Waals surface area contributed by atoms with E-state index in [1.54, 1.807) is 24.3 Å². The zero-order valence-corrected chi connectivity index (χ0v) is 20.0. The highest BCUT2D eigenvalue weighted by Gasteiger charge is 2.23. The molecule has 1 N–H and O–H groups in total. The van der Waals surface area contributed by atoms with Crippen LogP contribution in [0.15, 0.2) is 59.7 Å². The van der Waals surface area contributed by atoms with Gasteiger partial charge in [0.25, 0.3) is 5.91 Å². The molecule has 0 aliphatic rings. The number of nitrogens with zero attached hydrogens (tertiary/aromatic N) is 2. The first-order chi connectivity index (χ1) is 13.5. The van der Waals surface area contributed by atoms with Gasteiger partial charge >= 0.3 is 0 Å². The highest BCUT2D eigenvalue weighted by atomic mass is 127. The van der Waals surface area contributed by atoms with Gasteiger partial charge in [0.05, 0.1) is 11.9 Å². The molecule has 0 bridgehead atoms. The average molecular weight is 527 g/mol. The van der Waals surface area contributed by atoms with Gasteiger partial charge in [0, 0.05) is 9.28 Å². The zero-order chi connectivity index (χ0) is 21.7. The first kappa shape index (κ1) is 23.3. The molecule has 0 aromatic heterocycles. The van der Waals surface area contributed by atoms with Crippen LogP contribution in [0.1, 0.15) is 32.8 Å². The first-order valence-corrected chi connectivity index (χ1v) is 12.0. The maximum Gasteiger partial charge on any atom is 0.260 e. The van der Waals surface area contributed by atoms with E-state index in [1.165, 1.54) is 5.56 Å². The fraction of sp³-hybridized carbons (Fsp3) is 0.333. The summed E-state index contributed by atoms with van der Waals surface area (Å²) in [7, 11) is -3.61. The third kappa shape index (κ3) is 7.11. The summed E-state index contributed by atoms with van der Waals surface area (Å²) in [5.74, 6) is -0.495. The molecule has 0 spiro atoms. The number of benzene rings is 2. The molecule has 0 saturated carbocycles. The van der Waals surface area contributed by atoms with Crippen molar-refractivity contribution in [3.8, 4) is 0 Å². The molecule has 0 fully saturated rings. The number of nitrogens with one attached hydrogen (secondary N) is 1. The smallest absolute Gasteiger partial charge is 0.260 e. The van der Waals surface area contributed by atoms with Gasteiger partial charge in [-0.25, -0.2) is 13.8 Å². The second kappa shape index (κ2) is 9.71. The van der Waals surface area contributed by atoms with Crippen molar-refractivity contribution in [2.75, 3.05) is 17.1 Å². The molecule has 2 rings (SSSR count). The number of carbonyl (C=O) groups excluding carboxylic acids is 1. The van der Waals surface area contributed by atoms with Crippen molar-refractivity contribution >= 4 is 49.9 Å². The minimum atomic E-state index is -3.61. The van der Waals surface area contributed by atoms with Crippen molar-refractivity contribution in [3.63, 3.8) is 0 Å². The standard InChI is InChI=1S/C21H26IN3O3S/c1-16(14-21(2,3)17-8-6-5-7-9-17)23-24-20(26)15-25(29(4,27)28)19-12-10-18(22)11-13-19/h5-13H,14-15H2,1-4H3,(H,24,26)/b23-16-. The molecule has 0 radical (unpaired) electrons. The molecular formula is C21H26IN3O3S. The third-order valence-corrected chi connectivity index (χ3v) is 6.29. The lowest BCUT2D eigenvalue weighted by molar-refractivity contribution is -0.119. The van der Waals surface area contributed by atoms with Gasteiger partial charge in [-0.3, -0.25) is 9.10 Å². The number of hydrogen-bond acceptors (Lipinski definition) is 4. The molecule has 0 saturated heterocycles. The van der Waals surface area contributed by atoms with E-state index in [9.17, 15) is 13.2 Å². The molecule has 2 aromatic carbocycles. The molecule has 156 valence electrons. The largest absolute Gasteiger partial charge is 0.271 e. The molecule has 0 aliphatic carbocycles. The summed E-state index contributed by atoms with van der Waals surface area (Å²) < 4.78 is 26.3. The Morgan fingerprint density at radius 2 is 1.69 bits per heavy atom. The second-order valence-electron chi connectivity index (χ2n) is 7.55. The van der Waals surface area contributed by atoms with Crippen LogP contribution in [-0.2, 0) is 20.2 Å². The summed E-state index contributed by atoms with van der Waals surface area (Å²) in [5.41, 5.74) is 4.72. The van der Waals surface area contributed by atoms with E-state index >= 15 is 0 Å². The SMILES string of the molecule is C/C(CC(C)(C)c1ccccc1)=N/NC(=O)CN(c1ccc(I)cc1)S(C)(=O)=O. The molecule has 0 heterocycles. The predicted octanol–water partition coefficient (Wildman–Crippen LogP) is 3.92. The molecule has 2 aromatic rings. The van der Waals surface area contributed by atoms with Crippen LogP contribution in [0.4, 0.5) is 5.69 Å². The molecule has 0 aliphatic heterocycles.